The van der Waals surface area contributed by atoms with Crippen molar-refractivity contribution in [3.63, 3.8) is 0 Å². The van der Waals surface area contributed by atoms with Crippen LogP contribution in [-0.2, 0) is 44.8 Å². The van der Waals surface area contributed by atoms with Gasteiger partial charge in [0.1, 0.15) is 42.3 Å². The summed E-state index contributed by atoms with van der Waals surface area (Å²) in [7, 11) is 0. The topological polar surface area (TPSA) is 670 Å². The molecule has 36 nitrogen and oxygen atoms in total. The van der Waals surface area contributed by atoms with Gasteiger partial charge in [-0.2, -0.15) is 0 Å². The summed E-state index contributed by atoms with van der Waals surface area (Å²) in [6, 6.07) is -10.7. The molecule has 0 bridgehead atoms. The molecule has 0 aromatic carbocycles. The van der Waals surface area contributed by atoms with Gasteiger partial charge in [-0.1, -0.05) is 0 Å². The lowest BCUT2D eigenvalue weighted by Crippen LogP contribution is -2.60. The van der Waals surface area contributed by atoms with Crippen molar-refractivity contribution in [3.8, 4) is 0 Å². The number of carboxylic acid groups (broad SMARTS) is 1. The van der Waals surface area contributed by atoms with Gasteiger partial charge in [0.15, 0.2) is 29.8 Å². The van der Waals surface area contributed by atoms with Crippen LogP contribution in [0.4, 0.5) is 0 Å². The number of carbonyl (C=O) groups is 8. The van der Waals surface area contributed by atoms with Crippen molar-refractivity contribution >= 4 is 77.1 Å². The summed E-state index contributed by atoms with van der Waals surface area (Å²) in [6.07, 6.45) is 4.97. The first-order valence-electron chi connectivity index (χ1n) is 27.6. The second-order valence-electron chi connectivity index (χ2n) is 19.5. The molecule has 84 heavy (non-hydrogen) atoms. The fourth-order valence-electron chi connectivity index (χ4n) is 7.99. The van der Waals surface area contributed by atoms with E-state index in [9.17, 15) is 43.5 Å². The van der Waals surface area contributed by atoms with Gasteiger partial charge >= 0.3 is 5.97 Å². The van der Waals surface area contributed by atoms with Gasteiger partial charge in [-0.15, -0.1) is 0 Å². The summed E-state index contributed by atoms with van der Waals surface area (Å²) in [4.78, 5) is 138. The summed E-state index contributed by atoms with van der Waals surface area (Å²) in [6.45, 7) is 0.848. The molecule has 0 saturated carbocycles. The Hall–Kier alpha value is -8.80. The van der Waals surface area contributed by atoms with Crippen LogP contribution in [0.25, 0.3) is 0 Å². The van der Waals surface area contributed by atoms with Crippen LogP contribution in [-0.4, -0.2) is 186 Å². The SMILES string of the molecule is NCCCC[C@H](NC(=O)[C@H](N)CCCN=C(N)N)C(=O)N[C@@H](CCCCN)C(=O)N[C@@H](Cc1cnc[nH]1)C(=O)N[C@H](CCCN=C(N)N)C(=O)N[C@@H](CCCN=C(N)N)C(=O)N[C@@H](CCCN=C(N)N)C(=O)N[C@H](CCCN=C(N)N)C(=O)O. The molecule has 35 N–H and O–H groups in total. The summed E-state index contributed by atoms with van der Waals surface area (Å²) in [5.74, 6) is -8.24. The highest BCUT2D eigenvalue weighted by atomic mass is 16.4. The maximum absolute atomic E-state index is 14.6. The van der Waals surface area contributed by atoms with Gasteiger partial charge in [0.2, 0.25) is 41.4 Å². The Morgan fingerprint density at radius 1 is 0.405 bits per heavy atom. The molecular formula is C48H93N27O9. The van der Waals surface area contributed by atoms with Gasteiger partial charge < -0.3 is 122 Å². The Morgan fingerprint density at radius 2 is 0.679 bits per heavy atom. The van der Waals surface area contributed by atoms with Gasteiger partial charge in [0.25, 0.3) is 0 Å². The lowest BCUT2D eigenvalue weighted by Gasteiger charge is -2.28. The van der Waals surface area contributed by atoms with Crippen molar-refractivity contribution in [3.05, 3.63) is 18.2 Å². The molecule has 1 aromatic heterocycles. The number of nitrogens with one attached hydrogen (secondary N) is 8. The molecule has 474 valence electrons. The highest BCUT2D eigenvalue weighted by molar-refractivity contribution is 5.97. The Morgan fingerprint density at radius 3 is 0.976 bits per heavy atom. The fraction of sp³-hybridized carbons (Fsp3) is 0.667. The van der Waals surface area contributed by atoms with Gasteiger partial charge in [-0.05, 0) is 116 Å². The van der Waals surface area contributed by atoms with E-state index in [1.165, 1.54) is 12.5 Å². The first kappa shape index (κ1) is 73.2. The summed E-state index contributed by atoms with van der Waals surface area (Å²) >= 11 is 0. The van der Waals surface area contributed by atoms with Crippen molar-refractivity contribution in [1.82, 2.24) is 47.2 Å². The lowest BCUT2D eigenvalue weighted by atomic mass is 10.0. The zero-order valence-electron chi connectivity index (χ0n) is 47.6. The Balaban J connectivity index is 3.73. The molecular weight excluding hydrogens is 1100 g/mol. The van der Waals surface area contributed by atoms with E-state index in [-0.39, 0.29) is 146 Å². The predicted octanol–water partition coefficient (Wildman–Crippen LogP) is -8.72. The van der Waals surface area contributed by atoms with E-state index in [2.05, 4.69) is 72.1 Å². The average Bonchev–Trinajstić information content (AvgIpc) is 4.03. The number of nitrogens with two attached hydrogens (primary N) is 13. The van der Waals surface area contributed by atoms with Gasteiger partial charge in [-0.3, -0.25) is 58.5 Å². The predicted molar refractivity (Wildman–Crippen MR) is 317 cm³/mol. The third kappa shape index (κ3) is 33.2. The second kappa shape index (κ2) is 42.1. The molecule has 1 rings (SSSR count). The normalized spacial score (nSPS) is 13.7. The van der Waals surface area contributed by atoms with Crippen LogP contribution in [0.1, 0.15) is 108 Å². The number of carbonyl (C=O) groups excluding carboxylic acids is 7. The number of aromatic amines is 1. The Bertz CT molecular complexity index is 2330. The first-order chi connectivity index (χ1) is 39.9. The number of aliphatic imine (C=N–C) groups is 5. The minimum atomic E-state index is -1.47. The zero-order valence-corrected chi connectivity index (χ0v) is 47.6. The number of carboxylic acids is 1. The monoisotopic (exact) mass is 1190 g/mol. The molecule has 1 heterocycles. The van der Waals surface area contributed by atoms with Crippen molar-refractivity contribution in [2.75, 3.05) is 45.8 Å². The molecule has 0 aliphatic heterocycles. The molecule has 0 saturated heterocycles. The van der Waals surface area contributed by atoms with Crippen molar-refractivity contribution in [1.29, 1.82) is 0 Å². The van der Waals surface area contributed by atoms with Crippen LogP contribution in [0.3, 0.4) is 0 Å². The maximum atomic E-state index is 14.6. The number of rotatable bonds is 45. The lowest BCUT2D eigenvalue weighted by molar-refractivity contribution is -0.142. The summed E-state index contributed by atoms with van der Waals surface area (Å²) in [5.41, 5.74) is 72.8. The van der Waals surface area contributed by atoms with Crippen molar-refractivity contribution < 1.29 is 43.5 Å². The molecule has 7 amide bonds. The molecule has 0 unspecified atom stereocenters. The smallest absolute Gasteiger partial charge is 0.326 e. The minimum absolute atomic E-state index is 0.00752. The van der Waals surface area contributed by atoms with Crippen LogP contribution in [0.5, 0.6) is 0 Å². The Kier molecular flexibility index (Phi) is 36.7. The second-order valence-corrected chi connectivity index (χ2v) is 19.5. The first-order valence-corrected chi connectivity index (χ1v) is 27.6. The van der Waals surface area contributed by atoms with Crippen molar-refractivity contribution in [2.45, 2.75) is 157 Å². The fourth-order valence-corrected chi connectivity index (χ4v) is 7.99. The largest absolute Gasteiger partial charge is 0.480 e. The third-order valence-electron chi connectivity index (χ3n) is 12.4. The average molecular weight is 1190 g/mol. The van der Waals surface area contributed by atoms with Crippen LogP contribution in [0.2, 0.25) is 0 Å². The van der Waals surface area contributed by atoms with Crippen LogP contribution < -0.4 is 112 Å². The molecule has 0 fully saturated rings. The molecule has 0 aliphatic rings. The number of imidazole rings is 1. The number of amides is 7. The quantitative estimate of drug-likeness (QED) is 0.0164. The van der Waals surface area contributed by atoms with E-state index < -0.39 is 95.7 Å². The van der Waals surface area contributed by atoms with Gasteiger partial charge in [-0.25, -0.2) is 9.78 Å². The number of aliphatic carboxylic acids is 1. The van der Waals surface area contributed by atoms with E-state index in [0.717, 1.165) is 0 Å². The molecule has 0 aliphatic carbocycles. The summed E-state index contributed by atoms with van der Waals surface area (Å²) < 4.78 is 0. The number of hydrogen-bond acceptors (Lipinski definition) is 17. The van der Waals surface area contributed by atoms with E-state index in [4.69, 9.17) is 74.5 Å². The van der Waals surface area contributed by atoms with E-state index in [0.29, 0.717) is 44.3 Å². The number of H-pyrrole nitrogens is 1. The van der Waals surface area contributed by atoms with Gasteiger partial charge in [0.05, 0.1) is 12.4 Å². The third-order valence-corrected chi connectivity index (χ3v) is 12.4. The molecule has 36 heteroatoms. The Labute approximate surface area is 487 Å². The standard InChI is InChI=1S/C48H93N27O9/c49-17-3-1-11-29(69-36(76)28(51)10-5-19-63-44(52)53)37(77)70-30(12-2-4-18-50)41(81)75-35(24-27-25-62-26-68-27)42(82)73-32(14-7-21-65-46(56)57)39(79)71-31(13-6-20-64-45(54)55)38(78)72-33(15-8-22-66-47(58)59)40(80)74-34(43(83)84)16-9-23-67-48(60)61/h25-26,28-35H,1-24,49-51H2,(H,62,68)(H,69,76)(H,70,77)(H,71,79)(H,72,78)(H,73,82)(H,74,80)(H,75,81)(H,83,84)(H4,52,53,63)(H4,54,55,64)(H4,56,57,65)(H4,58,59,66)(H4,60,61,67)/t28-,29+,30+,31+,32-,33+,34-,35+/m1/s1. The van der Waals surface area contributed by atoms with E-state index in [1.54, 1.807) is 0 Å². The highest BCUT2D eigenvalue weighted by Crippen LogP contribution is 2.11. The number of aromatic nitrogens is 2. The van der Waals surface area contributed by atoms with Gasteiger partial charge in [0, 0.05) is 51.0 Å². The van der Waals surface area contributed by atoms with Crippen LogP contribution in [0, 0.1) is 0 Å². The molecule has 1 aromatic rings. The minimum Gasteiger partial charge on any atom is -0.480 e. The van der Waals surface area contributed by atoms with Crippen LogP contribution >= 0.6 is 0 Å². The number of unbranched alkanes of at least 4 members (excludes halogenated alkanes) is 2. The number of nitrogens with zero attached hydrogens (tertiary/aromatic N) is 6. The summed E-state index contributed by atoms with van der Waals surface area (Å²) in [5, 5.41) is 28.5. The molecule has 8 atom stereocenters. The molecule has 0 radical (unpaired) electrons. The molecule has 0 spiro atoms. The van der Waals surface area contributed by atoms with Crippen molar-refractivity contribution in [2.24, 2.45) is 99.5 Å². The maximum Gasteiger partial charge on any atom is 0.326 e. The highest BCUT2D eigenvalue weighted by Gasteiger charge is 2.35. The number of hydrogen-bond donors (Lipinski definition) is 22. The van der Waals surface area contributed by atoms with Crippen LogP contribution in [0.15, 0.2) is 37.5 Å². The van der Waals surface area contributed by atoms with E-state index in [1.807, 2.05) is 0 Å². The van der Waals surface area contributed by atoms with E-state index >= 15 is 0 Å². The zero-order chi connectivity index (χ0) is 63.0. The number of guanidine groups is 5.